The van der Waals surface area contributed by atoms with E-state index in [9.17, 15) is 14.7 Å². The Balaban J connectivity index is 3.63. The fourth-order valence-electron chi connectivity index (χ4n) is 2.16. The molecule has 0 heterocycles. The molecule has 0 radical (unpaired) electrons. The van der Waals surface area contributed by atoms with Crippen LogP contribution < -0.4 is 0 Å². The fraction of sp³-hybridized carbons (Fsp3) is 0.600. The molecule has 0 aromatic rings. The maximum atomic E-state index is 11.6. The summed E-state index contributed by atoms with van der Waals surface area (Å²) >= 11 is 0. The summed E-state index contributed by atoms with van der Waals surface area (Å²) in [7, 11) is 1.41. The molecule has 0 aliphatic heterocycles. The summed E-state index contributed by atoms with van der Waals surface area (Å²) < 4.78 is 4.58. The number of methoxy groups -OCH3 is 1. The third-order valence-corrected chi connectivity index (χ3v) is 3.56. The van der Waals surface area contributed by atoms with Crippen LogP contribution in [0.1, 0.15) is 64.7 Å². The first-order valence-electron chi connectivity index (χ1n) is 8.89. The number of aliphatic hydroxyl groups excluding tert-OH is 1. The Kier molecular flexibility index (Phi) is 15.1. The van der Waals surface area contributed by atoms with Gasteiger partial charge in [-0.05, 0) is 25.3 Å². The number of carbonyl (C=O) groups is 2. The van der Waals surface area contributed by atoms with Gasteiger partial charge in [-0.1, -0.05) is 63.0 Å². The number of ether oxygens (including phenoxy) is 1. The first-order valence-corrected chi connectivity index (χ1v) is 8.89. The summed E-state index contributed by atoms with van der Waals surface area (Å²) in [5.74, 6) is -0.0257. The highest BCUT2D eigenvalue weighted by Crippen LogP contribution is 2.08. The zero-order valence-electron chi connectivity index (χ0n) is 15.1. The van der Waals surface area contributed by atoms with Crippen LogP contribution in [-0.4, -0.2) is 30.1 Å². The van der Waals surface area contributed by atoms with E-state index in [1.807, 2.05) is 13.0 Å². The molecule has 4 nitrogen and oxygen atoms in total. The second-order valence-corrected chi connectivity index (χ2v) is 5.80. The Labute approximate surface area is 146 Å². The third-order valence-electron chi connectivity index (χ3n) is 3.56. The molecule has 0 aromatic heterocycles. The molecule has 0 saturated heterocycles. The first kappa shape index (κ1) is 22.3. The molecule has 1 N–H and O–H groups in total. The average molecular weight is 336 g/mol. The van der Waals surface area contributed by atoms with Crippen molar-refractivity contribution in [2.45, 2.75) is 70.8 Å². The van der Waals surface area contributed by atoms with Gasteiger partial charge in [-0.3, -0.25) is 9.59 Å². The van der Waals surface area contributed by atoms with E-state index in [1.165, 1.54) is 7.11 Å². The molecule has 136 valence electrons. The molecule has 0 aliphatic carbocycles. The molecule has 0 amide bonds. The molecular formula is C20H32O4. The normalized spacial score (nSPS) is 13.1. The van der Waals surface area contributed by atoms with E-state index in [-0.39, 0.29) is 11.8 Å². The number of carbonyl (C=O) groups excluding carboxylic acids is 2. The van der Waals surface area contributed by atoms with Gasteiger partial charge >= 0.3 is 5.97 Å². The summed E-state index contributed by atoms with van der Waals surface area (Å²) in [6.45, 7) is 2.03. The van der Waals surface area contributed by atoms with Gasteiger partial charge in [0.05, 0.1) is 13.2 Å². The Morgan fingerprint density at radius 3 is 2.25 bits per heavy atom. The van der Waals surface area contributed by atoms with Crippen molar-refractivity contribution in [2.24, 2.45) is 0 Å². The lowest BCUT2D eigenvalue weighted by Crippen LogP contribution is -1.99. The van der Waals surface area contributed by atoms with Gasteiger partial charge in [-0.15, -0.1) is 0 Å². The molecule has 0 fully saturated rings. The minimum absolute atomic E-state index is 0.129. The number of hydrogen-bond donors (Lipinski definition) is 1. The SMILES string of the molecule is CCCC(O)C=CC=CC=CC(=O)CCCCCCCC(=O)OC. The van der Waals surface area contributed by atoms with Crippen LogP contribution in [0.15, 0.2) is 36.5 Å². The van der Waals surface area contributed by atoms with Crippen molar-refractivity contribution in [3.63, 3.8) is 0 Å². The quantitative estimate of drug-likeness (QED) is 0.222. The van der Waals surface area contributed by atoms with Gasteiger partial charge in [0.2, 0.25) is 0 Å². The van der Waals surface area contributed by atoms with Gasteiger partial charge in [0.25, 0.3) is 0 Å². The molecule has 0 aromatic carbocycles. The molecule has 0 bridgehead atoms. The highest BCUT2D eigenvalue weighted by molar-refractivity contribution is 5.89. The van der Waals surface area contributed by atoms with Crippen LogP contribution in [-0.2, 0) is 14.3 Å². The zero-order valence-corrected chi connectivity index (χ0v) is 15.1. The minimum atomic E-state index is -0.391. The molecule has 0 saturated carbocycles. The van der Waals surface area contributed by atoms with Crippen molar-refractivity contribution in [3.05, 3.63) is 36.5 Å². The standard InChI is InChI=1S/C20H32O4/c1-3-13-18(21)14-10-7-8-11-16-19(22)15-9-5-4-6-12-17-20(23)24-2/h7-8,10-11,14,16,18,21H,3-6,9,12-13,15,17H2,1-2H3. The Bertz CT molecular complexity index is 421. The highest BCUT2D eigenvalue weighted by Gasteiger charge is 2.00. The van der Waals surface area contributed by atoms with Crippen molar-refractivity contribution < 1.29 is 19.4 Å². The molecular weight excluding hydrogens is 304 g/mol. The van der Waals surface area contributed by atoms with Gasteiger partial charge in [-0.25, -0.2) is 0 Å². The number of ketones is 1. The number of hydrogen-bond acceptors (Lipinski definition) is 4. The van der Waals surface area contributed by atoms with Gasteiger partial charge < -0.3 is 9.84 Å². The van der Waals surface area contributed by atoms with E-state index in [4.69, 9.17) is 0 Å². The van der Waals surface area contributed by atoms with Crippen molar-refractivity contribution in [1.29, 1.82) is 0 Å². The summed E-state index contributed by atoms with van der Waals surface area (Å²) in [5.41, 5.74) is 0. The Morgan fingerprint density at radius 1 is 0.958 bits per heavy atom. The van der Waals surface area contributed by atoms with Crippen LogP contribution >= 0.6 is 0 Å². The second-order valence-electron chi connectivity index (χ2n) is 5.80. The van der Waals surface area contributed by atoms with Crippen LogP contribution in [0, 0.1) is 0 Å². The van der Waals surface area contributed by atoms with Crippen molar-refractivity contribution >= 4 is 11.8 Å². The third kappa shape index (κ3) is 15.2. The predicted molar refractivity (Wildman–Crippen MR) is 97.7 cm³/mol. The van der Waals surface area contributed by atoms with Crippen molar-refractivity contribution in [1.82, 2.24) is 0 Å². The van der Waals surface area contributed by atoms with Crippen LogP contribution in [0.5, 0.6) is 0 Å². The molecule has 4 heteroatoms. The minimum Gasteiger partial charge on any atom is -0.469 e. The smallest absolute Gasteiger partial charge is 0.305 e. The van der Waals surface area contributed by atoms with Crippen LogP contribution in [0.4, 0.5) is 0 Å². The van der Waals surface area contributed by atoms with Crippen LogP contribution in [0.3, 0.4) is 0 Å². The van der Waals surface area contributed by atoms with E-state index in [0.29, 0.717) is 12.8 Å². The number of rotatable bonds is 14. The predicted octanol–water partition coefficient (Wildman–Crippen LogP) is 4.29. The topological polar surface area (TPSA) is 63.6 Å². The average Bonchev–Trinajstić information content (AvgIpc) is 2.57. The zero-order chi connectivity index (χ0) is 18.0. The Hall–Kier alpha value is -1.68. The first-order chi connectivity index (χ1) is 11.6. The lowest BCUT2D eigenvalue weighted by molar-refractivity contribution is -0.140. The van der Waals surface area contributed by atoms with Crippen LogP contribution in [0.2, 0.25) is 0 Å². The monoisotopic (exact) mass is 336 g/mol. The van der Waals surface area contributed by atoms with E-state index in [1.54, 1.807) is 30.4 Å². The molecule has 1 atom stereocenters. The summed E-state index contributed by atoms with van der Waals surface area (Å²) in [5, 5.41) is 9.49. The van der Waals surface area contributed by atoms with E-state index >= 15 is 0 Å². The maximum Gasteiger partial charge on any atom is 0.305 e. The fourth-order valence-corrected chi connectivity index (χ4v) is 2.16. The number of aliphatic hydroxyl groups is 1. The van der Waals surface area contributed by atoms with E-state index < -0.39 is 6.10 Å². The van der Waals surface area contributed by atoms with Crippen molar-refractivity contribution in [2.75, 3.05) is 7.11 Å². The lowest BCUT2D eigenvalue weighted by Gasteiger charge is -2.00. The van der Waals surface area contributed by atoms with Gasteiger partial charge in [0, 0.05) is 12.8 Å². The van der Waals surface area contributed by atoms with Gasteiger partial charge in [0.15, 0.2) is 5.78 Å². The van der Waals surface area contributed by atoms with Crippen LogP contribution in [0.25, 0.3) is 0 Å². The molecule has 1 unspecified atom stereocenters. The number of unbranched alkanes of at least 4 members (excludes halogenated alkanes) is 4. The maximum absolute atomic E-state index is 11.6. The largest absolute Gasteiger partial charge is 0.469 e. The molecule has 0 aliphatic rings. The van der Waals surface area contributed by atoms with E-state index in [2.05, 4.69) is 4.74 Å². The van der Waals surface area contributed by atoms with E-state index in [0.717, 1.165) is 44.9 Å². The summed E-state index contributed by atoms with van der Waals surface area (Å²) in [4.78, 5) is 22.6. The number of allylic oxidation sites excluding steroid dienone is 5. The summed E-state index contributed by atoms with van der Waals surface area (Å²) in [6, 6.07) is 0. The highest BCUT2D eigenvalue weighted by atomic mass is 16.5. The van der Waals surface area contributed by atoms with Crippen molar-refractivity contribution in [3.8, 4) is 0 Å². The lowest BCUT2D eigenvalue weighted by atomic mass is 10.1. The second kappa shape index (κ2) is 16.2. The molecule has 0 spiro atoms. The van der Waals surface area contributed by atoms with Gasteiger partial charge in [-0.2, -0.15) is 0 Å². The summed E-state index contributed by atoms with van der Waals surface area (Å²) in [6.07, 6.45) is 17.6. The molecule has 0 rings (SSSR count). The molecule has 24 heavy (non-hydrogen) atoms. The number of esters is 1. The Morgan fingerprint density at radius 2 is 1.58 bits per heavy atom. The van der Waals surface area contributed by atoms with Gasteiger partial charge in [0.1, 0.15) is 0 Å².